The van der Waals surface area contributed by atoms with Crippen molar-refractivity contribution in [1.82, 2.24) is 14.8 Å². The minimum absolute atomic E-state index is 0.148. The number of carbonyl (C=O) groups is 1. The molecule has 0 fully saturated rings. The molecule has 0 aliphatic heterocycles. The van der Waals surface area contributed by atoms with Crippen molar-refractivity contribution in [1.29, 1.82) is 5.26 Å². The van der Waals surface area contributed by atoms with Crippen LogP contribution in [0.1, 0.15) is 5.56 Å². The first kappa shape index (κ1) is 17.5. The summed E-state index contributed by atoms with van der Waals surface area (Å²) in [4.78, 5) is 16.6. The van der Waals surface area contributed by atoms with Gasteiger partial charge in [0.1, 0.15) is 18.2 Å². The van der Waals surface area contributed by atoms with Crippen LogP contribution in [-0.4, -0.2) is 47.6 Å². The summed E-state index contributed by atoms with van der Waals surface area (Å²) in [7, 11) is 1.55. The molecule has 26 heavy (non-hydrogen) atoms. The third-order valence-electron chi connectivity index (χ3n) is 3.61. The van der Waals surface area contributed by atoms with Gasteiger partial charge in [-0.1, -0.05) is 18.2 Å². The van der Waals surface area contributed by atoms with Crippen molar-refractivity contribution in [3.8, 4) is 11.9 Å². The van der Waals surface area contributed by atoms with Gasteiger partial charge in [-0.2, -0.15) is 15.0 Å². The molecule has 0 aliphatic carbocycles. The predicted molar refractivity (Wildman–Crippen MR) is 94.9 cm³/mol. The van der Waals surface area contributed by atoms with Crippen molar-refractivity contribution >= 4 is 22.6 Å². The SMILES string of the molecule is COCCOCC(=O)Nc1c(C#N)cnn1-c1ccc2ccccc2n1. The average Bonchev–Trinajstić information content (AvgIpc) is 3.07. The van der Waals surface area contributed by atoms with E-state index in [1.807, 2.05) is 36.4 Å². The number of rotatable bonds is 7. The van der Waals surface area contributed by atoms with Crippen LogP contribution in [0.15, 0.2) is 42.6 Å². The van der Waals surface area contributed by atoms with E-state index < -0.39 is 0 Å². The molecule has 0 unspecified atom stereocenters. The molecule has 0 atom stereocenters. The van der Waals surface area contributed by atoms with E-state index in [2.05, 4.69) is 15.4 Å². The van der Waals surface area contributed by atoms with Gasteiger partial charge in [0.05, 0.1) is 24.9 Å². The van der Waals surface area contributed by atoms with E-state index >= 15 is 0 Å². The summed E-state index contributed by atoms with van der Waals surface area (Å²) in [5.41, 5.74) is 1.03. The fourth-order valence-corrected chi connectivity index (χ4v) is 2.37. The fraction of sp³-hybridized carbons (Fsp3) is 0.222. The summed E-state index contributed by atoms with van der Waals surface area (Å²) in [6.45, 7) is 0.556. The van der Waals surface area contributed by atoms with E-state index in [-0.39, 0.29) is 23.9 Å². The van der Waals surface area contributed by atoms with Gasteiger partial charge in [0.15, 0.2) is 11.6 Å². The van der Waals surface area contributed by atoms with Gasteiger partial charge < -0.3 is 14.8 Å². The van der Waals surface area contributed by atoms with Crippen LogP contribution in [0.5, 0.6) is 0 Å². The number of ether oxygens (including phenoxy) is 2. The van der Waals surface area contributed by atoms with Crippen molar-refractivity contribution in [2.24, 2.45) is 0 Å². The van der Waals surface area contributed by atoms with Gasteiger partial charge >= 0.3 is 0 Å². The first-order valence-corrected chi connectivity index (χ1v) is 7.93. The Balaban J connectivity index is 1.85. The highest BCUT2D eigenvalue weighted by Gasteiger charge is 2.16. The molecule has 2 heterocycles. The minimum Gasteiger partial charge on any atom is -0.382 e. The molecule has 0 aliphatic rings. The zero-order valence-electron chi connectivity index (χ0n) is 14.2. The zero-order valence-corrected chi connectivity index (χ0v) is 14.2. The molecule has 0 spiro atoms. The first-order chi connectivity index (χ1) is 12.7. The Morgan fingerprint density at radius 3 is 2.92 bits per heavy atom. The molecule has 3 rings (SSSR count). The molecular formula is C18H17N5O3. The number of para-hydroxylation sites is 1. The van der Waals surface area contributed by atoms with Gasteiger partial charge in [-0.25, -0.2) is 4.98 Å². The van der Waals surface area contributed by atoms with Crippen LogP contribution in [0, 0.1) is 11.3 Å². The molecule has 0 saturated carbocycles. The van der Waals surface area contributed by atoms with Crippen LogP contribution in [0.2, 0.25) is 0 Å². The lowest BCUT2D eigenvalue weighted by Gasteiger charge is -2.10. The quantitative estimate of drug-likeness (QED) is 0.652. The molecule has 8 nitrogen and oxygen atoms in total. The van der Waals surface area contributed by atoms with Gasteiger partial charge in [-0.15, -0.1) is 0 Å². The highest BCUT2D eigenvalue weighted by molar-refractivity contribution is 5.92. The Bertz CT molecular complexity index is 961. The molecule has 0 radical (unpaired) electrons. The monoisotopic (exact) mass is 351 g/mol. The van der Waals surface area contributed by atoms with E-state index in [4.69, 9.17) is 9.47 Å². The summed E-state index contributed by atoms with van der Waals surface area (Å²) in [5, 5.41) is 17.1. The van der Waals surface area contributed by atoms with Crippen LogP contribution in [-0.2, 0) is 14.3 Å². The smallest absolute Gasteiger partial charge is 0.251 e. The lowest BCUT2D eigenvalue weighted by molar-refractivity contribution is -0.121. The predicted octanol–water partition coefficient (Wildman–Crippen LogP) is 1.89. The maximum atomic E-state index is 12.1. The lowest BCUT2D eigenvalue weighted by Crippen LogP contribution is -2.22. The van der Waals surface area contributed by atoms with Gasteiger partial charge in [0.2, 0.25) is 0 Å². The Labute approximate surface area is 150 Å². The minimum atomic E-state index is -0.389. The third-order valence-corrected chi connectivity index (χ3v) is 3.61. The van der Waals surface area contributed by atoms with E-state index in [1.165, 1.54) is 10.9 Å². The Kier molecular flexibility index (Phi) is 5.53. The summed E-state index contributed by atoms with van der Waals surface area (Å²) in [5.74, 6) is 0.372. The fourth-order valence-electron chi connectivity index (χ4n) is 2.37. The summed E-state index contributed by atoms with van der Waals surface area (Å²) in [6.07, 6.45) is 1.39. The number of amides is 1. The van der Waals surface area contributed by atoms with E-state index in [9.17, 15) is 10.1 Å². The number of benzene rings is 1. The van der Waals surface area contributed by atoms with Crippen molar-refractivity contribution in [3.63, 3.8) is 0 Å². The molecule has 0 bridgehead atoms. The molecule has 1 N–H and O–H groups in total. The van der Waals surface area contributed by atoms with Crippen molar-refractivity contribution in [3.05, 3.63) is 48.2 Å². The van der Waals surface area contributed by atoms with Crippen molar-refractivity contribution in [2.45, 2.75) is 0 Å². The number of nitriles is 1. The number of nitrogens with zero attached hydrogens (tertiary/aromatic N) is 4. The third kappa shape index (κ3) is 3.85. The second kappa shape index (κ2) is 8.20. The molecule has 132 valence electrons. The molecule has 2 aromatic heterocycles. The van der Waals surface area contributed by atoms with E-state index in [0.717, 1.165) is 10.9 Å². The van der Waals surface area contributed by atoms with Crippen LogP contribution >= 0.6 is 0 Å². The Hall–Kier alpha value is -3.28. The molecule has 1 aromatic carbocycles. The number of methoxy groups -OCH3 is 1. The highest BCUT2D eigenvalue weighted by Crippen LogP contribution is 2.20. The zero-order chi connectivity index (χ0) is 18.4. The number of fused-ring (bicyclic) bond motifs is 1. The number of aromatic nitrogens is 3. The van der Waals surface area contributed by atoms with Crippen LogP contribution in [0.3, 0.4) is 0 Å². The van der Waals surface area contributed by atoms with Crippen LogP contribution in [0.25, 0.3) is 16.7 Å². The number of hydrogen-bond donors (Lipinski definition) is 1. The van der Waals surface area contributed by atoms with E-state index in [0.29, 0.717) is 19.0 Å². The first-order valence-electron chi connectivity index (χ1n) is 7.93. The van der Waals surface area contributed by atoms with Crippen LogP contribution < -0.4 is 5.32 Å². The number of hydrogen-bond acceptors (Lipinski definition) is 6. The Morgan fingerprint density at radius 1 is 1.27 bits per heavy atom. The lowest BCUT2D eigenvalue weighted by atomic mass is 10.2. The van der Waals surface area contributed by atoms with Gasteiger partial charge in [0.25, 0.3) is 5.91 Å². The van der Waals surface area contributed by atoms with Crippen molar-refractivity contribution in [2.75, 3.05) is 32.2 Å². The standard InChI is InChI=1S/C18H17N5O3/c1-25-8-9-26-12-17(24)22-18-14(10-19)11-20-23(18)16-7-6-13-4-2-3-5-15(13)21-16/h2-7,11H,8-9,12H2,1H3,(H,22,24). The van der Waals surface area contributed by atoms with Gasteiger partial charge in [0, 0.05) is 12.5 Å². The molecule has 1 amide bonds. The van der Waals surface area contributed by atoms with Crippen molar-refractivity contribution < 1.29 is 14.3 Å². The molecular weight excluding hydrogens is 334 g/mol. The number of pyridine rings is 1. The number of carbonyl (C=O) groups excluding carboxylic acids is 1. The Morgan fingerprint density at radius 2 is 2.12 bits per heavy atom. The highest BCUT2D eigenvalue weighted by atomic mass is 16.5. The maximum absolute atomic E-state index is 12.1. The normalized spacial score (nSPS) is 10.6. The average molecular weight is 351 g/mol. The largest absolute Gasteiger partial charge is 0.382 e. The number of nitrogens with one attached hydrogen (secondary N) is 1. The van der Waals surface area contributed by atoms with Crippen LogP contribution in [0.4, 0.5) is 5.82 Å². The topological polar surface area (TPSA) is 102 Å². The molecule has 8 heteroatoms. The second-order valence-corrected chi connectivity index (χ2v) is 5.39. The van der Waals surface area contributed by atoms with E-state index in [1.54, 1.807) is 13.2 Å². The second-order valence-electron chi connectivity index (χ2n) is 5.39. The molecule has 0 saturated heterocycles. The molecule has 3 aromatic rings. The van der Waals surface area contributed by atoms with Gasteiger partial charge in [-0.05, 0) is 18.2 Å². The summed E-state index contributed by atoms with van der Waals surface area (Å²) in [6, 6.07) is 13.4. The number of anilines is 1. The maximum Gasteiger partial charge on any atom is 0.251 e. The van der Waals surface area contributed by atoms with Gasteiger partial charge in [-0.3, -0.25) is 4.79 Å². The summed E-state index contributed by atoms with van der Waals surface area (Å²) >= 11 is 0. The summed E-state index contributed by atoms with van der Waals surface area (Å²) < 4.78 is 11.5.